The van der Waals surface area contributed by atoms with Crippen LogP contribution < -0.4 is 10.6 Å². The Morgan fingerprint density at radius 1 is 0.903 bits per heavy atom. The monoisotopic (exact) mass is 461 g/mol. The zero-order valence-electron chi connectivity index (χ0n) is 16.1. The van der Waals surface area contributed by atoms with Crippen LogP contribution in [0.3, 0.4) is 0 Å². The van der Waals surface area contributed by atoms with E-state index in [4.69, 9.17) is 5.84 Å². The maximum absolute atomic E-state index is 12.3. The average molecular weight is 462 g/mol. The van der Waals surface area contributed by atoms with Crippen molar-refractivity contribution in [1.29, 1.82) is 0 Å². The Kier molecular flexibility index (Phi) is 6.51. The molecule has 0 aliphatic rings. The van der Waals surface area contributed by atoms with Gasteiger partial charge in [-0.1, -0.05) is 48.5 Å². The summed E-state index contributed by atoms with van der Waals surface area (Å²) in [5, 5.41) is 8.13. The molecule has 10 nitrogen and oxygen atoms in total. The first kappa shape index (κ1) is 22.2. The highest BCUT2D eigenvalue weighted by Gasteiger charge is 2.21. The number of carbonyl (C=O) groups is 1. The molecule has 12 heteroatoms. The van der Waals surface area contributed by atoms with Gasteiger partial charge in [0.1, 0.15) is 11.5 Å². The topological polar surface area (TPSA) is 154 Å². The van der Waals surface area contributed by atoms with Gasteiger partial charge in [0, 0.05) is 16.7 Å². The van der Waals surface area contributed by atoms with Gasteiger partial charge in [-0.05, 0) is 18.2 Å². The Bertz CT molecular complexity index is 1300. The fraction of sp³-hybridized carbons (Fsp3) is 0.105. The number of para-hydroxylation sites is 1. The number of nitrogens with two attached hydrogens (primary N) is 1. The number of sulfone groups is 1. The van der Waals surface area contributed by atoms with Gasteiger partial charge in [-0.25, -0.2) is 21.5 Å². The smallest absolute Gasteiger partial charge is 0.240 e. The van der Waals surface area contributed by atoms with E-state index in [2.05, 4.69) is 14.9 Å². The number of nitrogen functional groups attached to an aromatic ring is 1. The van der Waals surface area contributed by atoms with Crippen molar-refractivity contribution >= 4 is 31.3 Å². The summed E-state index contributed by atoms with van der Waals surface area (Å²) in [5.41, 5.74) is 0.705. The van der Waals surface area contributed by atoms with Gasteiger partial charge in [0.05, 0.1) is 0 Å². The van der Waals surface area contributed by atoms with E-state index in [0.717, 1.165) is 16.2 Å². The van der Waals surface area contributed by atoms with Crippen LogP contribution in [-0.2, 0) is 31.4 Å². The number of benzene rings is 2. The van der Waals surface area contributed by atoms with Crippen molar-refractivity contribution in [3.8, 4) is 0 Å². The van der Waals surface area contributed by atoms with Gasteiger partial charge >= 0.3 is 0 Å². The molecule has 3 rings (SSSR count). The molecular formula is C19H19N5O5S2. The van der Waals surface area contributed by atoms with Gasteiger partial charge in [-0.2, -0.15) is 0 Å². The third-order valence-electron chi connectivity index (χ3n) is 4.02. The first-order chi connectivity index (χ1) is 14.7. The number of nitrogens with one attached hydrogen (secondary N) is 1. The van der Waals surface area contributed by atoms with E-state index in [-0.39, 0.29) is 11.6 Å². The van der Waals surface area contributed by atoms with Crippen LogP contribution in [0.5, 0.6) is 0 Å². The number of allylic oxidation sites excluding steroid dienone is 1. The minimum absolute atomic E-state index is 0.141. The van der Waals surface area contributed by atoms with Crippen LogP contribution in [0.15, 0.2) is 72.1 Å². The van der Waals surface area contributed by atoms with Crippen molar-refractivity contribution in [2.24, 2.45) is 0 Å². The number of carbonyl (C=O) groups excluding carboxylic acids is 1. The quantitative estimate of drug-likeness (QED) is 0.274. The van der Waals surface area contributed by atoms with E-state index >= 15 is 0 Å². The van der Waals surface area contributed by atoms with Crippen LogP contribution >= 0.6 is 0 Å². The summed E-state index contributed by atoms with van der Waals surface area (Å²) >= 11 is 0. The molecule has 0 amide bonds. The Morgan fingerprint density at radius 3 is 2.06 bits per heavy atom. The highest BCUT2D eigenvalue weighted by atomic mass is 32.2. The molecular weight excluding hydrogens is 442 g/mol. The Morgan fingerprint density at radius 2 is 1.45 bits per heavy atom. The molecule has 0 spiro atoms. The molecule has 0 fully saturated rings. The summed E-state index contributed by atoms with van der Waals surface area (Å²) in [4.78, 5) is 12.0. The van der Waals surface area contributed by atoms with Gasteiger partial charge in [-0.3, -0.25) is 9.52 Å². The molecule has 1 aromatic heterocycles. The molecule has 0 atom stereocenters. The predicted octanol–water partition coefficient (Wildman–Crippen LogP) is 1.25. The third kappa shape index (κ3) is 6.23. The van der Waals surface area contributed by atoms with Crippen molar-refractivity contribution in [2.45, 2.75) is 11.5 Å². The van der Waals surface area contributed by atoms with Gasteiger partial charge in [0.15, 0.2) is 27.3 Å². The van der Waals surface area contributed by atoms with E-state index in [0.29, 0.717) is 11.3 Å². The van der Waals surface area contributed by atoms with E-state index in [1.54, 1.807) is 60.7 Å². The zero-order valence-corrected chi connectivity index (χ0v) is 17.8. The molecule has 162 valence electrons. The summed E-state index contributed by atoms with van der Waals surface area (Å²) in [6, 6.07) is 16.4. The normalized spacial score (nSPS) is 12.1. The third-order valence-corrected chi connectivity index (χ3v) is 6.41. The Balaban J connectivity index is 1.69. The highest BCUT2D eigenvalue weighted by Crippen LogP contribution is 2.12. The largest absolute Gasteiger partial charge is 0.336 e. The second-order valence-corrected chi connectivity index (χ2v) is 10.1. The van der Waals surface area contributed by atoms with E-state index < -0.39 is 37.1 Å². The number of sulfonamides is 1. The second kappa shape index (κ2) is 9.10. The maximum atomic E-state index is 12.3. The van der Waals surface area contributed by atoms with Crippen molar-refractivity contribution in [1.82, 2.24) is 14.9 Å². The number of rotatable bonds is 9. The summed E-state index contributed by atoms with van der Waals surface area (Å²) in [5.74, 6) is 3.77. The van der Waals surface area contributed by atoms with Crippen LogP contribution in [-0.4, -0.2) is 37.5 Å². The molecule has 3 aromatic rings. The van der Waals surface area contributed by atoms with Gasteiger partial charge in [-0.15, -0.1) is 10.2 Å². The SMILES string of the molecule is Nn1c(CS(=O)(=O)/C=C/C(=O)c2ccccc2)nnc1CS(=O)(=O)Nc1ccccc1. The lowest BCUT2D eigenvalue weighted by molar-refractivity contribution is 0.104. The minimum atomic E-state index is -3.91. The van der Waals surface area contributed by atoms with E-state index in [1.165, 1.54) is 0 Å². The van der Waals surface area contributed by atoms with Gasteiger partial charge < -0.3 is 5.84 Å². The number of ketones is 1. The molecule has 0 saturated heterocycles. The van der Waals surface area contributed by atoms with E-state index in [9.17, 15) is 21.6 Å². The molecule has 0 unspecified atom stereocenters. The number of nitrogens with zero attached hydrogens (tertiary/aromatic N) is 3. The van der Waals surface area contributed by atoms with Crippen molar-refractivity contribution in [3.63, 3.8) is 0 Å². The lowest BCUT2D eigenvalue weighted by Gasteiger charge is -2.07. The molecule has 0 aliphatic heterocycles. The van der Waals surface area contributed by atoms with E-state index in [1.807, 2.05) is 0 Å². The molecule has 0 bridgehead atoms. The summed E-state index contributed by atoms with van der Waals surface area (Å²) in [6.07, 6.45) is 0.942. The molecule has 0 aliphatic carbocycles. The predicted molar refractivity (Wildman–Crippen MR) is 115 cm³/mol. The van der Waals surface area contributed by atoms with Crippen LogP contribution in [0, 0.1) is 0 Å². The second-order valence-electron chi connectivity index (χ2n) is 6.47. The number of hydrogen-bond donors (Lipinski definition) is 2. The molecule has 2 aromatic carbocycles. The first-order valence-corrected chi connectivity index (χ1v) is 12.3. The van der Waals surface area contributed by atoms with Gasteiger partial charge in [0.25, 0.3) is 0 Å². The summed E-state index contributed by atoms with van der Waals surface area (Å²) in [7, 11) is -7.76. The molecule has 31 heavy (non-hydrogen) atoms. The Labute approximate surface area is 179 Å². The first-order valence-electron chi connectivity index (χ1n) is 8.89. The molecule has 1 heterocycles. The lowest BCUT2D eigenvalue weighted by atomic mass is 10.1. The van der Waals surface area contributed by atoms with Crippen LogP contribution in [0.1, 0.15) is 22.0 Å². The lowest BCUT2D eigenvalue weighted by Crippen LogP contribution is -2.23. The molecule has 3 N–H and O–H groups in total. The van der Waals surface area contributed by atoms with Crippen molar-refractivity contribution < 1.29 is 21.6 Å². The van der Waals surface area contributed by atoms with Crippen LogP contribution in [0.25, 0.3) is 0 Å². The number of aromatic nitrogens is 3. The molecule has 0 saturated carbocycles. The average Bonchev–Trinajstić information content (AvgIpc) is 3.05. The summed E-state index contributed by atoms with van der Waals surface area (Å²) < 4.78 is 52.4. The minimum Gasteiger partial charge on any atom is -0.336 e. The van der Waals surface area contributed by atoms with Crippen molar-refractivity contribution in [3.05, 3.63) is 89.4 Å². The Hall–Kier alpha value is -3.51. The zero-order chi connectivity index (χ0) is 22.5. The van der Waals surface area contributed by atoms with Crippen LogP contribution in [0.4, 0.5) is 5.69 Å². The van der Waals surface area contributed by atoms with Gasteiger partial charge in [0.2, 0.25) is 10.0 Å². The maximum Gasteiger partial charge on any atom is 0.240 e. The van der Waals surface area contributed by atoms with Crippen molar-refractivity contribution in [2.75, 3.05) is 10.6 Å². The van der Waals surface area contributed by atoms with Crippen LogP contribution in [0.2, 0.25) is 0 Å². The standard InChI is InChI=1S/C19H19N5O5S2/c20-24-18(13-30(26,27)12-11-17(25)15-7-3-1-4-8-15)21-22-19(24)14-31(28,29)23-16-9-5-2-6-10-16/h1-12,23H,13-14,20H2/b12-11+. The molecule has 0 radical (unpaired) electrons. The fourth-order valence-electron chi connectivity index (χ4n) is 2.54. The summed E-state index contributed by atoms with van der Waals surface area (Å²) in [6.45, 7) is 0. The highest BCUT2D eigenvalue weighted by molar-refractivity contribution is 7.93. The number of hydrogen-bond acceptors (Lipinski definition) is 8. The number of anilines is 1. The fourth-order valence-corrected chi connectivity index (χ4v) is 4.63.